The number of carbonyl (C=O) groups excluding carboxylic acids is 2. The fraction of sp³-hybridized carbons (Fsp3) is 0.333. The zero-order chi connectivity index (χ0) is 22.5. The average Bonchev–Trinajstić information content (AvgIpc) is 3.45. The molecule has 0 saturated carbocycles. The molecular weight excluding hydrogens is 404 g/mol. The number of aryl methyl sites for hydroxylation is 2. The van der Waals surface area contributed by atoms with Crippen LogP contribution in [0.2, 0.25) is 0 Å². The van der Waals surface area contributed by atoms with E-state index in [0.717, 1.165) is 29.7 Å². The summed E-state index contributed by atoms with van der Waals surface area (Å²) in [4.78, 5) is 27.1. The molecule has 1 aromatic heterocycles. The van der Waals surface area contributed by atoms with E-state index in [2.05, 4.69) is 20.9 Å². The number of nitrogens with zero attached hydrogens (tertiary/aromatic N) is 4. The molecule has 32 heavy (non-hydrogen) atoms. The van der Waals surface area contributed by atoms with Crippen LogP contribution in [0.5, 0.6) is 0 Å². The molecule has 8 nitrogen and oxygen atoms in total. The normalized spacial score (nSPS) is 15.6. The van der Waals surface area contributed by atoms with E-state index in [0.29, 0.717) is 19.6 Å². The molecule has 0 spiro atoms. The lowest BCUT2D eigenvalue weighted by Crippen LogP contribution is -2.40. The molecule has 1 atom stereocenters. The molecule has 3 amide bonds. The molecule has 2 aromatic carbocycles. The fourth-order valence-electron chi connectivity index (χ4n) is 3.88. The zero-order valence-electron chi connectivity index (χ0n) is 18.4. The minimum atomic E-state index is -0.268. The van der Waals surface area contributed by atoms with Crippen LogP contribution in [0, 0.1) is 13.8 Å². The molecule has 0 aliphatic carbocycles. The third kappa shape index (κ3) is 5.14. The highest BCUT2D eigenvalue weighted by Gasteiger charge is 2.29. The number of benzene rings is 2. The van der Waals surface area contributed by atoms with Crippen molar-refractivity contribution in [3.8, 4) is 0 Å². The van der Waals surface area contributed by atoms with Crippen LogP contribution in [-0.2, 0) is 13.1 Å². The summed E-state index contributed by atoms with van der Waals surface area (Å²) in [5.74, 6) is -0.268. The lowest BCUT2D eigenvalue weighted by molar-refractivity contribution is 0.0945. The summed E-state index contributed by atoms with van der Waals surface area (Å²) < 4.78 is 1.64. The van der Waals surface area contributed by atoms with Gasteiger partial charge in [-0.25, -0.2) is 9.48 Å². The first-order valence-electron chi connectivity index (χ1n) is 10.9. The average molecular weight is 433 g/mol. The highest BCUT2D eigenvalue weighted by Crippen LogP contribution is 2.21. The lowest BCUT2D eigenvalue weighted by Gasteiger charge is -2.25. The van der Waals surface area contributed by atoms with E-state index >= 15 is 0 Å². The van der Waals surface area contributed by atoms with Crippen molar-refractivity contribution >= 4 is 17.6 Å². The van der Waals surface area contributed by atoms with Gasteiger partial charge in [-0.15, -0.1) is 5.10 Å². The summed E-state index contributed by atoms with van der Waals surface area (Å²) in [6.45, 7) is 5.70. The van der Waals surface area contributed by atoms with E-state index in [4.69, 9.17) is 0 Å². The number of urea groups is 1. The Morgan fingerprint density at radius 3 is 2.69 bits per heavy atom. The van der Waals surface area contributed by atoms with Crippen molar-refractivity contribution < 1.29 is 9.59 Å². The maximum absolute atomic E-state index is 12.9. The van der Waals surface area contributed by atoms with Crippen molar-refractivity contribution in [3.05, 3.63) is 77.1 Å². The predicted octanol–water partition coefficient (Wildman–Crippen LogP) is 3.52. The third-order valence-electron chi connectivity index (χ3n) is 5.86. The van der Waals surface area contributed by atoms with E-state index < -0.39 is 0 Å². The number of hydrogen-bond acceptors (Lipinski definition) is 4. The SMILES string of the molecule is Cc1ccc(NC(=O)N2CCC[C@H]2Cn2cc(C(=O)NCc3ccccc3)nn2)cc1C. The topological polar surface area (TPSA) is 92.2 Å². The molecule has 166 valence electrons. The van der Waals surface area contributed by atoms with Crippen molar-refractivity contribution in [1.29, 1.82) is 0 Å². The van der Waals surface area contributed by atoms with E-state index in [-0.39, 0.29) is 23.7 Å². The molecule has 8 heteroatoms. The van der Waals surface area contributed by atoms with Gasteiger partial charge in [0, 0.05) is 18.8 Å². The summed E-state index contributed by atoms with van der Waals surface area (Å²) >= 11 is 0. The van der Waals surface area contributed by atoms with Gasteiger partial charge in [0.25, 0.3) is 5.91 Å². The number of hydrogen-bond donors (Lipinski definition) is 2. The third-order valence-corrected chi connectivity index (χ3v) is 5.86. The summed E-state index contributed by atoms with van der Waals surface area (Å²) in [6.07, 6.45) is 3.46. The van der Waals surface area contributed by atoms with Crippen molar-refractivity contribution in [1.82, 2.24) is 25.2 Å². The van der Waals surface area contributed by atoms with Gasteiger partial charge in [-0.1, -0.05) is 41.6 Å². The van der Waals surface area contributed by atoms with E-state index in [1.54, 1.807) is 10.9 Å². The zero-order valence-corrected chi connectivity index (χ0v) is 18.4. The Hall–Kier alpha value is -3.68. The van der Waals surface area contributed by atoms with Gasteiger partial charge in [0.2, 0.25) is 0 Å². The Balaban J connectivity index is 1.34. The second kappa shape index (κ2) is 9.64. The van der Waals surface area contributed by atoms with Gasteiger partial charge in [0.05, 0.1) is 18.8 Å². The van der Waals surface area contributed by atoms with E-state index in [1.165, 1.54) is 5.56 Å². The van der Waals surface area contributed by atoms with Crippen LogP contribution in [0.3, 0.4) is 0 Å². The van der Waals surface area contributed by atoms with Crippen LogP contribution in [0.1, 0.15) is 40.0 Å². The monoisotopic (exact) mass is 432 g/mol. The first kappa shape index (κ1) is 21.5. The number of aromatic nitrogens is 3. The minimum absolute atomic E-state index is 0.00322. The number of rotatable bonds is 6. The highest BCUT2D eigenvalue weighted by molar-refractivity contribution is 5.91. The van der Waals surface area contributed by atoms with Crippen molar-refractivity contribution in [2.75, 3.05) is 11.9 Å². The number of carbonyl (C=O) groups is 2. The van der Waals surface area contributed by atoms with Crippen LogP contribution < -0.4 is 10.6 Å². The second-order valence-electron chi connectivity index (χ2n) is 8.21. The number of anilines is 1. The van der Waals surface area contributed by atoms with E-state index in [9.17, 15) is 9.59 Å². The van der Waals surface area contributed by atoms with Crippen LogP contribution in [0.15, 0.2) is 54.7 Å². The molecule has 2 N–H and O–H groups in total. The summed E-state index contributed by atoms with van der Waals surface area (Å²) in [6, 6.07) is 15.5. The summed E-state index contributed by atoms with van der Waals surface area (Å²) in [7, 11) is 0. The smallest absolute Gasteiger partial charge is 0.322 e. The Morgan fingerprint density at radius 2 is 1.91 bits per heavy atom. The maximum Gasteiger partial charge on any atom is 0.322 e. The van der Waals surface area contributed by atoms with Crippen LogP contribution in [-0.4, -0.2) is 44.4 Å². The molecule has 0 bridgehead atoms. The van der Waals surface area contributed by atoms with Gasteiger partial charge in [0.1, 0.15) is 0 Å². The van der Waals surface area contributed by atoms with Gasteiger partial charge >= 0.3 is 6.03 Å². The first-order valence-corrected chi connectivity index (χ1v) is 10.9. The number of amides is 3. The predicted molar refractivity (Wildman–Crippen MR) is 122 cm³/mol. The first-order chi connectivity index (χ1) is 15.5. The lowest BCUT2D eigenvalue weighted by atomic mass is 10.1. The van der Waals surface area contributed by atoms with Crippen LogP contribution in [0.25, 0.3) is 0 Å². The van der Waals surface area contributed by atoms with Gasteiger partial charge in [-0.3, -0.25) is 4.79 Å². The van der Waals surface area contributed by atoms with Crippen molar-refractivity contribution in [2.45, 2.75) is 45.8 Å². The molecule has 2 heterocycles. The minimum Gasteiger partial charge on any atom is -0.347 e. The molecule has 1 aliphatic heterocycles. The Morgan fingerprint density at radius 1 is 1.09 bits per heavy atom. The maximum atomic E-state index is 12.9. The van der Waals surface area contributed by atoms with Crippen LogP contribution >= 0.6 is 0 Å². The largest absolute Gasteiger partial charge is 0.347 e. The number of likely N-dealkylation sites (tertiary alicyclic amines) is 1. The Bertz CT molecular complexity index is 1090. The summed E-state index contributed by atoms with van der Waals surface area (Å²) in [5, 5.41) is 14.0. The standard InChI is InChI=1S/C24H28N6O2/c1-17-10-11-20(13-18(17)2)26-24(32)30-12-6-9-21(30)15-29-16-22(27-28-29)23(31)25-14-19-7-4-3-5-8-19/h3-5,7-8,10-11,13,16,21H,6,9,12,14-15H2,1-2H3,(H,25,31)(H,26,32)/t21-/m0/s1. The molecule has 1 aliphatic rings. The Labute approximate surface area is 187 Å². The van der Waals surface area contributed by atoms with Crippen molar-refractivity contribution in [2.24, 2.45) is 0 Å². The van der Waals surface area contributed by atoms with Gasteiger partial charge in [-0.2, -0.15) is 0 Å². The molecule has 4 rings (SSSR count). The fourth-order valence-corrected chi connectivity index (χ4v) is 3.88. The number of nitrogens with one attached hydrogen (secondary N) is 2. The molecule has 1 saturated heterocycles. The van der Waals surface area contributed by atoms with Gasteiger partial charge < -0.3 is 15.5 Å². The second-order valence-corrected chi connectivity index (χ2v) is 8.21. The van der Waals surface area contributed by atoms with Crippen LogP contribution in [0.4, 0.5) is 10.5 Å². The van der Waals surface area contributed by atoms with Gasteiger partial charge in [0.15, 0.2) is 5.69 Å². The highest BCUT2D eigenvalue weighted by atomic mass is 16.2. The van der Waals surface area contributed by atoms with Crippen molar-refractivity contribution in [3.63, 3.8) is 0 Å². The van der Waals surface area contributed by atoms with Gasteiger partial charge in [-0.05, 0) is 55.5 Å². The molecular formula is C24H28N6O2. The quantitative estimate of drug-likeness (QED) is 0.623. The van der Waals surface area contributed by atoms with E-state index in [1.807, 2.05) is 67.3 Å². The summed E-state index contributed by atoms with van der Waals surface area (Å²) in [5.41, 5.74) is 4.41. The molecule has 3 aromatic rings. The molecule has 1 fully saturated rings. The Kier molecular flexibility index (Phi) is 6.49. The molecule has 0 radical (unpaired) electrons. The molecule has 0 unspecified atom stereocenters.